The quantitative estimate of drug-likeness (QED) is 0.876. The van der Waals surface area contributed by atoms with E-state index in [4.69, 9.17) is 0 Å². The van der Waals surface area contributed by atoms with Gasteiger partial charge in [-0.2, -0.15) is 0 Å². The predicted molar refractivity (Wildman–Crippen MR) is 68.3 cm³/mol. The SMILES string of the molecule is O[C@@]12CCCC[C@]1(Cc1ccccc1Br)C2. The Bertz CT molecular complexity index is 413. The van der Waals surface area contributed by atoms with Crippen LogP contribution in [0.2, 0.25) is 0 Å². The summed E-state index contributed by atoms with van der Waals surface area (Å²) in [4.78, 5) is 0. The predicted octanol–water partition coefficient (Wildman–Crippen LogP) is 3.69. The first-order valence-corrected chi connectivity index (χ1v) is 6.90. The zero-order valence-electron chi connectivity index (χ0n) is 9.38. The van der Waals surface area contributed by atoms with E-state index in [0.29, 0.717) is 0 Å². The van der Waals surface area contributed by atoms with Gasteiger partial charge in [-0.15, -0.1) is 0 Å². The molecule has 1 aromatic carbocycles. The molecule has 2 aliphatic rings. The van der Waals surface area contributed by atoms with Gasteiger partial charge in [-0.3, -0.25) is 0 Å². The summed E-state index contributed by atoms with van der Waals surface area (Å²) in [5.41, 5.74) is 1.22. The van der Waals surface area contributed by atoms with Crippen LogP contribution in [0.1, 0.15) is 37.7 Å². The van der Waals surface area contributed by atoms with Gasteiger partial charge in [0.05, 0.1) is 5.60 Å². The molecular formula is C14H17BrO. The van der Waals surface area contributed by atoms with Gasteiger partial charge in [-0.05, 0) is 37.3 Å². The van der Waals surface area contributed by atoms with Crippen molar-refractivity contribution in [2.45, 2.75) is 44.1 Å². The molecule has 0 unspecified atom stereocenters. The molecule has 0 aliphatic heterocycles. The largest absolute Gasteiger partial charge is 0.389 e. The maximum atomic E-state index is 10.4. The molecule has 2 atom stereocenters. The molecule has 16 heavy (non-hydrogen) atoms. The lowest BCUT2D eigenvalue weighted by atomic mass is 9.82. The summed E-state index contributed by atoms with van der Waals surface area (Å²) in [7, 11) is 0. The van der Waals surface area contributed by atoms with Gasteiger partial charge < -0.3 is 5.11 Å². The summed E-state index contributed by atoms with van der Waals surface area (Å²) >= 11 is 3.60. The van der Waals surface area contributed by atoms with E-state index in [2.05, 4.69) is 34.1 Å². The Morgan fingerprint density at radius 2 is 1.94 bits per heavy atom. The molecule has 2 aliphatic carbocycles. The highest BCUT2D eigenvalue weighted by Gasteiger charge is 2.66. The van der Waals surface area contributed by atoms with Gasteiger partial charge in [0, 0.05) is 9.89 Å². The lowest BCUT2D eigenvalue weighted by molar-refractivity contribution is 0.0625. The molecule has 0 aromatic heterocycles. The lowest BCUT2D eigenvalue weighted by Gasteiger charge is -2.27. The highest BCUT2D eigenvalue weighted by Crippen LogP contribution is 2.66. The second kappa shape index (κ2) is 3.58. The van der Waals surface area contributed by atoms with E-state index >= 15 is 0 Å². The number of rotatable bonds is 2. The molecule has 2 fully saturated rings. The first-order valence-electron chi connectivity index (χ1n) is 6.11. The number of fused-ring (bicyclic) bond motifs is 1. The Morgan fingerprint density at radius 1 is 1.19 bits per heavy atom. The fourth-order valence-corrected chi connectivity index (χ4v) is 3.82. The third kappa shape index (κ3) is 1.54. The number of benzene rings is 1. The molecule has 2 saturated carbocycles. The Labute approximate surface area is 105 Å². The first kappa shape index (κ1) is 10.8. The minimum atomic E-state index is -0.333. The van der Waals surface area contributed by atoms with Crippen molar-refractivity contribution < 1.29 is 5.11 Å². The minimum Gasteiger partial charge on any atom is -0.389 e. The van der Waals surface area contributed by atoms with Crippen molar-refractivity contribution >= 4 is 15.9 Å². The highest BCUT2D eigenvalue weighted by molar-refractivity contribution is 9.10. The van der Waals surface area contributed by atoms with Crippen LogP contribution in [0.15, 0.2) is 28.7 Å². The van der Waals surface area contributed by atoms with Crippen LogP contribution in [0.5, 0.6) is 0 Å². The van der Waals surface area contributed by atoms with Crippen LogP contribution in [0, 0.1) is 5.41 Å². The van der Waals surface area contributed by atoms with Crippen molar-refractivity contribution in [3.63, 3.8) is 0 Å². The van der Waals surface area contributed by atoms with Gasteiger partial charge in [-0.1, -0.05) is 47.0 Å². The maximum absolute atomic E-state index is 10.4. The van der Waals surface area contributed by atoms with E-state index < -0.39 is 0 Å². The summed E-state index contributed by atoms with van der Waals surface area (Å²) in [5, 5.41) is 10.4. The van der Waals surface area contributed by atoms with Crippen LogP contribution >= 0.6 is 15.9 Å². The molecule has 1 aromatic rings. The topological polar surface area (TPSA) is 20.2 Å². The molecule has 1 N–H and O–H groups in total. The van der Waals surface area contributed by atoms with Crippen LogP contribution in [-0.4, -0.2) is 10.7 Å². The van der Waals surface area contributed by atoms with Crippen LogP contribution in [-0.2, 0) is 6.42 Å². The molecule has 86 valence electrons. The third-order valence-electron chi connectivity index (χ3n) is 4.48. The van der Waals surface area contributed by atoms with Gasteiger partial charge in [0.15, 0.2) is 0 Å². The first-order chi connectivity index (χ1) is 7.65. The molecule has 3 rings (SSSR count). The van der Waals surface area contributed by atoms with E-state index in [1.165, 1.54) is 29.3 Å². The third-order valence-corrected chi connectivity index (χ3v) is 5.25. The second-order valence-corrected chi connectivity index (χ2v) is 6.32. The van der Waals surface area contributed by atoms with E-state index in [-0.39, 0.29) is 11.0 Å². The van der Waals surface area contributed by atoms with E-state index in [9.17, 15) is 5.11 Å². The van der Waals surface area contributed by atoms with Crippen LogP contribution < -0.4 is 0 Å². The van der Waals surface area contributed by atoms with Gasteiger partial charge in [0.1, 0.15) is 0 Å². The standard InChI is InChI=1S/C14H17BrO/c15-12-6-2-1-5-11(12)9-13-7-3-4-8-14(13,16)10-13/h1-2,5-6,16H,3-4,7-10H2/t13-,14+/m0/s1. The molecule has 2 heteroatoms. The Balaban J connectivity index is 1.84. The molecule has 0 radical (unpaired) electrons. The second-order valence-electron chi connectivity index (χ2n) is 5.46. The highest BCUT2D eigenvalue weighted by atomic mass is 79.9. The molecule has 0 amide bonds. The summed E-state index contributed by atoms with van der Waals surface area (Å²) in [5.74, 6) is 0. The van der Waals surface area contributed by atoms with E-state index in [1.807, 2.05) is 6.07 Å². The Hall–Kier alpha value is -0.340. The zero-order chi connectivity index (χ0) is 11.2. The molecular weight excluding hydrogens is 264 g/mol. The van der Waals surface area contributed by atoms with E-state index in [1.54, 1.807) is 0 Å². The minimum absolute atomic E-state index is 0.203. The smallest absolute Gasteiger partial charge is 0.0714 e. The van der Waals surface area contributed by atoms with Crippen LogP contribution in [0.25, 0.3) is 0 Å². The van der Waals surface area contributed by atoms with Crippen molar-refractivity contribution in [2.75, 3.05) is 0 Å². The molecule has 0 saturated heterocycles. The van der Waals surface area contributed by atoms with Gasteiger partial charge in [0.25, 0.3) is 0 Å². The zero-order valence-corrected chi connectivity index (χ0v) is 11.0. The molecule has 0 bridgehead atoms. The van der Waals surface area contributed by atoms with Crippen molar-refractivity contribution in [3.05, 3.63) is 34.3 Å². The Kier molecular flexibility index (Phi) is 2.41. The average molecular weight is 281 g/mol. The average Bonchev–Trinajstić information content (AvgIpc) is 2.88. The summed E-state index contributed by atoms with van der Waals surface area (Å²) in [6.07, 6.45) is 6.75. The monoisotopic (exact) mass is 280 g/mol. The summed E-state index contributed by atoms with van der Waals surface area (Å²) in [6.45, 7) is 0. The van der Waals surface area contributed by atoms with Crippen LogP contribution in [0.4, 0.5) is 0 Å². The fourth-order valence-electron chi connectivity index (χ4n) is 3.39. The summed E-state index contributed by atoms with van der Waals surface area (Å²) < 4.78 is 1.18. The fraction of sp³-hybridized carbons (Fsp3) is 0.571. The van der Waals surface area contributed by atoms with E-state index in [0.717, 1.165) is 19.3 Å². The number of aliphatic hydroxyl groups is 1. The maximum Gasteiger partial charge on any atom is 0.0714 e. The Morgan fingerprint density at radius 3 is 2.69 bits per heavy atom. The van der Waals surface area contributed by atoms with Crippen molar-refractivity contribution in [1.29, 1.82) is 0 Å². The van der Waals surface area contributed by atoms with Crippen molar-refractivity contribution in [1.82, 2.24) is 0 Å². The van der Waals surface area contributed by atoms with Crippen molar-refractivity contribution in [2.24, 2.45) is 5.41 Å². The van der Waals surface area contributed by atoms with Crippen LogP contribution in [0.3, 0.4) is 0 Å². The number of halogens is 1. The van der Waals surface area contributed by atoms with Gasteiger partial charge >= 0.3 is 0 Å². The summed E-state index contributed by atoms with van der Waals surface area (Å²) in [6, 6.07) is 8.40. The lowest BCUT2D eigenvalue weighted by Crippen LogP contribution is -2.26. The van der Waals surface area contributed by atoms with Gasteiger partial charge in [-0.25, -0.2) is 0 Å². The van der Waals surface area contributed by atoms with Crippen molar-refractivity contribution in [3.8, 4) is 0 Å². The van der Waals surface area contributed by atoms with Gasteiger partial charge in [0.2, 0.25) is 0 Å². The molecule has 1 nitrogen and oxygen atoms in total. The molecule has 0 heterocycles. The normalized spacial score (nSPS) is 36.9. The number of hydrogen-bond acceptors (Lipinski definition) is 1. The molecule has 0 spiro atoms. The number of hydrogen-bond donors (Lipinski definition) is 1.